The number of carbonyl (C=O) groups excluding carboxylic acids is 3. The lowest BCUT2D eigenvalue weighted by Gasteiger charge is -2.45. The standard InChI is InChI=1S/C32H42N4O5S/c1-21(2)18-25(34)27(38)36-31(29(39)41-30(3,4)5,20-23-14-10-7-11-15-23)32(40,28-35-16-17-42-28)26(37)24(33)19-22-12-8-6-9-13-22/h6-17,21,24-25,40H,18-20,33-34H2,1-5H3,(H,36,38)/t24?,25?,31-,32-/m1/s1. The molecule has 3 aromatic rings. The maximum atomic E-state index is 14.5. The van der Waals surface area contributed by atoms with Crippen LogP contribution < -0.4 is 16.8 Å². The molecule has 0 saturated carbocycles. The largest absolute Gasteiger partial charge is 0.458 e. The van der Waals surface area contributed by atoms with Crippen LogP contribution in [0.2, 0.25) is 0 Å². The molecule has 1 aromatic heterocycles. The van der Waals surface area contributed by atoms with Gasteiger partial charge in [-0.2, -0.15) is 0 Å². The number of thiazole rings is 1. The maximum absolute atomic E-state index is 14.5. The molecule has 6 N–H and O–H groups in total. The number of hydrogen-bond donors (Lipinski definition) is 4. The first kappa shape index (κ1) is 33.1. The Balaban J connectivity index is 2.30. The Labute approximate surface area is 251 Å². The highest BCUT2D eigenvalue weighted by molar-refractivity contribution is 7.09. The van der Waals surface area contributed by atoms with Gasteiger partial charge in [0.05, 0.1) is 12.1 Å². The fourth-order valence-corrected chi connectivity index (χ4v) is 5.67. The molecular weight excluding hydrogens is 552 g/mol. The van der Waals surface area contributed by atoms with E-state index in [0.29, 0.717) is 12.0 Å². The van der Waals surface area contributed by atoms with Crippen molar-refractivity contribution in [2.24, 2.45) is 17.4 Å². The number of nitrogens with one attached hydrogen (secondary N) is 1. The predicted molar refractivity (Wildman–Crippen MR) is 163 cm³/mol. The van der Waals surface area contributed by atoms with Crippen molar-refractivity contribution < 1.29 is 24.2 Å². The maximum Gasteiger partial charge on any atom is 0.336 e. The Morgan fingerprint density at radius 2 is 1.52 bits per heavy atom. The van der Waals surface area contributed by atoms with Crippen LogP contribution in [0.5, 0.6) is 0 Å². The number of nitrogens with zero attached hydrogens (tertiary/aromatic N) is 1. The second-order valence-electron chi connectivity index (χ2n) is 12.0. The van der Waals surface area contributed by atoms with Gasteiger partial charge < -0.3 is 26.6 Å². The molecule has 2 unspecified atom stereocenters. The van der Waals surface area contributed by atoms with E-state index >= 15 is 0 Å². The van der Waals surface area contributed by atoms with Gasteiger partial charge in [0.15, 0.2) is 11.3 Å². The van der Waals surface area contributed by atoms with E-state index in [2.05, 4.69) is 10.3 Å². The number of amides is 1. The zero-order valence-corrected chi connectivity index (χ0v) is 25.7. The fraction of sp³-hybridized carbons (Fsp3) is 0.438. The van der Waals surface area contributed by atoms with Crippen LogP contribution in [0.3, 0.4) is 0 Å². The van der Waals surface area contributed by atoms with E-state index in [1.165, 1.54) is 6.20 Å². The van der Waals surface area contributed by atoms with E-state index in [-0.39, 0.29) is 23.8 Å². The summed E-state index contributed by atoms with van der Waals surface area (Å²) in [7, 11) is 0. The minimum atomic E-state index is -2.72. The van der Waals surface area contributed by atoms with Gasteiger partial charge in [0, 0.05) is 18.0 Å². The molecule has 10 heteroatoms. The van der Waals surface area contributed by atoms with Gasteiger partial charge in [-0.15, -0.1) is 11.3 Å². The summed E-state index contributed by atoms with van der Waals surface area (Å²) in [6, 6.07) is 15.6. The van der Waals surface area contributed by atoms with Crippen molar-refractivity contribution in [1.29, 1.82) is 0 Å². The second-order valence-corrected chi connectivity index (χ2v) is 12.9. The monoisotopic (exact) mass is 594 g/mol. The summed E-state index contributed by atoms with van der Waals surface area (Å²) in [5.41, 5.74) is 7.95. The zero-order chi connectivity index (χ0) is 31.1. The van der Waals surface area contributed by atoms with E-state index in [4.69, 9.17) is 16.2 Å². The molecule has 4 atom stereocenters. The first-order valence-electron chi connectivity index (χ1n) is 14.0. The van der Waals surface area contributed by atoms with Crippen LogP contribution in [0.25, 0.3) is 0 Å². The Hall–Kier alpha value is -3.44. The highest BCUT2D eigenvalue weighted by Crippen LogP contribution is 2.41. The van der Waals surface area contributed by atoms with Crippen molar-refractivity contribution in [1.82, 2.24) is 10.3 Å². The lowest BCUT2D eigenvalue weighted by Crippen LogP contribution is -2.74. The molecule has 42 heavy (non-hydrogen) atoms. The predicted octanol–water partition coefficient (Wildman–Crippen LogP) is 3.28. The van der Waals surface area contributed by atoms with E-state index < -0.39 is 46.5 Å². The van der Waals surface area contributed by atoms with Crippen LogP contribution in [0.15, 0.2) is 72.2 Å². The number of ether oxygens (including phenoxy) is 1. The molecule has 3 rings (SSSR count). The van der Waals surface area contributed by atoms with Crippen molar-refractivity contribution >= 4 is 29.0 Å². The lowest BCUT2D eigenvalue weighted by molar-refractivity contribution is -0.185. The molecule has 1 heterocycles. The van der Waals surface area contributed by atoms with Crippen LogP contribution in [-0.2, 0) is 37.6 Å². The zero-order valence-electron chi connectivity index (χ0n) is 24.9. The van der Waals surface area contributed by atoms with Gasteiger partial charge in [0.2, 0.25) is 11.5 Å². The van der Waals surface area contributed by atoms with Crippen LogP contribution in [-0.4, -0.2) is 51.0 Å². The summed E-state index contributed by atoms with van der Waals surface area (Å²) in [6.07, 6.45) is 1.49. The molecule has 0 aliphatic rings. The smallest absolute Gasteiger partial charge is 0.336 e. The summed E-state index contributed by atoms with van der Waals surface area (Å²) >= 11 is 0.973. The van der Waals surface area contributed by atoms with Crippen molar-refractivity contribution in [3.63, 3.8) is 0 Å². The Morgan fingerprint density at radius 3 is 2.02 bits per heavy atom. The van der Waals surface area contributed by atoms with Gasteiger partial charge in [0.25, 0.3) is 0 Å². The average Bonchev–Trinajstić information content (AvgIpc) is 3.47. The number of ketones is 1. The Bertz CT molecular complexity index is 1330. The molecule has 0 aliphatic carbocycles. The molecule has 1 amide bonds. The van der Waals surface area contributed by atoms with Crippen molar-refractivity contribution in [2.45, 2.75) is 82.7 Å². The number of benzene rings is 2. The van der Waals surface area contributed by atoms with Crippen LogP contribution >= 0.6 is 11.3 Å². The number of esters is 1. The number of aromatic nitrogens is 1. The third kappa shape index (κ3) is 7.69. The molecule has 0 spiro atoms. The third-order valence-electron chi connectivity index (χ3n) is 6.81. The summed E-state index contributed by atoms with van der Waals surface area (Å²) < 4.78 is 5.86. The van der Waals surface area contributed by atoms with E-state index in [1.54, 1.807) is 56.5 Å². The second kappa shape index (κ2) is 13.7. The summed E-state index contributed by atoms with van der Waals surface area (Å²) in [5.74, 6) is -2.55. The van der Waals surface area contributed by atoms with Crippen LogP contribution in [0, 0.1) is 5.92 Å². The highest BCUT2D eigenvalue weighted by atomic mass is 32.1. The van der Waals surface area contributed by atoms with Gasteiger partial charge in [-0.1, -0.05) is 74.5 Å². The molecule has 226 valence electrons. The van der Waals surface area contributed by atoms with Gasteiger partial charge in [-0.3, -0.25) is 9.59 Å². The van der Waals surface area contributed by atoms with Crippen LogP contribution in [0.1, 0.15) is 57.2 Å². The Kier molecular flexibility index (Phi) is 10.8. The SMILES string of the molecule is CC(C)CC(N)C(=O)N[C@](Cc1ccccc1)(C(=O)OC(C)(C)C)[C@@](O)(C(=O)C(N)Cc1ccccc1)c1nccs1. The fourth-order valence-electron chi connectivity index (χ4n) is 4.85. The van der Waals surface area contributed by atoms with Gasteiger partial charge in [0.1, 0.15) is 10.6 Å². The topological polar surface area (TPSA) is 158 Å². The van der Waals surface area contributed by atoms with Crippen LogP contribution in [0.4, 0.5) is 0 Å². The molecule has 0 aliphatic heterocycles. The highest BCUT2D eigenvalue weighted by Gasteiger charge is 2.66. The van der Waals surface area contributed by atoms with Crippen molar-refractivity contribution in [2.75, 3.05) is 0 Å². The van der Waals surface area contributed by atoms with Gasteiger partial charge >= 0.3 is 5.97 Å². The third-order valence-corrected chi connectivity index (χ3v) is 7.69. The number of Topliss-reactive ketones (excluding diaryl/α,β-unsaturated/α-hetero) is 1. The average molecular weight is 595 g/mol. The summed E-state index contributed by atoms with van der Waals surface area (Å²) in [5, 5.41) is 17.0. The summed E-state index contributed by atoms with van der Waals surface area (Å²) in [4.78, 5) is 47.0. The van der Waals surface area contributed by atoms with E-state index in [0.717, 1.165) is 16.9 Å². The summed E-state index contributed by atoms with van der Waals surface area (Å²) in [6.45, 7) is 8.81. The number of aliphatic hydroxyl groups is 1. The number of hydrogen-bond acceptors (Lipinski definition) is 9. The van der Waals surface area contributed by atoms with E-state index in [1.807, 2.05) is 44.2 Å². The number of rotatable bonds is 13. The normalized spacial score (nSPS) is 16.1. The van der Waals surface area contributed by atoms with Gasteiger partial charge in [-0.25, -0.2) is 9.78 Å². The Morgan fingerprint density at radius 1 is 0.952 bits per heavy atom. The number of carbonyl (C=O) groups is 3. The molecule has 2 aromatic carbocycles. The molecular formula is C32H42N4O5S. The van der Waals surface area contributed by atoms with Crippen molar-refractivity contribution in [3.05, 3.63) is 88.4 Å². The first-order chi connectivity index (χ1) is 19.7. The first-order valence-corrected chi connectivity index (χ1v) is 14.9. The molecule has 0 fully saturated rings. The van der Waals surface area contributed by atoms with Gasteiger partial charge in [-0.05, 0) is 50.7 Å². The quantitative estimate of drug-likeness (QED) is 0.220. The number of nitrogens with two attached hydrogens (primary N) is 2. The minimum Gasteiger partial charge on any atom is -0.458 e. The molecule has 0 bridgehead atoms. The van der Waals surface area contributed by atoms with Crippen molar-refractivity contribution in [3.8, 4) is 0 Å². The molecule has 0 saturated heterocycles. The lowest BCUT2D eigenvalue weighted by atomic mass is 9.70. The minimum absolute atomic E-state index is 0.0644. The molecule has 0 radical (unpaired) electrons. The van der Waals surface area contributed by atoms with E-state index in [9.17, 15) is 19.5 Å². The molecule has 9 nitrogen and oxygen atoms in total.